The van der Waals surface area contributed by atoms with Crippen molar-refractivity contribution in [1.29, 1.82) is 0 Å². The molecule has 1 heterocycles. The Balaban J connectivity index is -0.0000000800. The van der Waals surface area contributed by atoms with E-state index in [1.807, 2.05) is 38.1 Å². The van der Waals surface area contributed by atoms with Crippen molar-refractivity contribution in [1.82, 2.24) is 4.98 Å². The van der Waals surface area contributed by atoms with E-state index in [1.165, 1.54) is 5.56 Å². The quantitative estimate of drug-likeness (QED) is 0.174. The van der Waals surface area contributed by atoms with E-state index < -0.39 is 0 Å². The first kappa shape index (κ1) is 46.7. The van der Waals surface area contributed by atoms with Gasteiger partial charge < -0.3 is 36.0 Å². The van der Waals surface area contributed by atoms with Crippen LogP contribution in [0.3, 0.4) is 0 Å². The van der Waals surface area contributed by atoms with Gasteiger partial charge in [0.05, 0.1) is 8.04 Å². The predicted molar refractivity (Wildman–Crippen MR) is 148 cm³/mol. The van der Waals surface area contributed by atoms with Crippen LogP contribution >= 0.6 is 45.2 Å². The van der Waals surface area contributed by atoms with Crippen LogP contribution < -0.4 is 0 Å². The first-order valence-corrected chi connectivity index (χ1v) is 11.4. The second-order valence-electron chi connectivity index (χ2n) is 6.29. The minimum absolute atomic E-state index is 0. The van der Waals surface area contributed by atoms with E-state index in [2.05, 4.69) is 77.0 Å². The van der Waals surface area contributed by atoms with E-state index in [-0.39, 0.29) is 81.6 Å². The van der Waals surface area contributed by atoms with Gasteiger partial charge in [-0.2, -0.15) is 0 Å². The third-order valence-corrected chi connectivity index (χ3v) is 3.83. The maximum absolute atomic E-state index is 7.40. The standard InChI is InChI=1S/C10H14N.C9H13N2O.C2H4I2.2CH3.V.2W/c1-3-8(2)9-5-4-6-10(11)7-9;1-6-4-8(7(2)12-3)11-9(10)5-6;1-2(3)4;;;;;/h4-8,11H,3H2,1-2H3;4-5,7H,1-3H3,(H-,10,11);2H,1H3;2*1H3;;;/q2*-1;;2*-1;;2*+2. The van der Waals surface area contributed by atoms with Crippen molar-refractivity contribution in [3.8, 4) is 0 Å². The van der Waals surface area contributed by atoms with Gasteiger partial charge in [-0.3, -0.25) is 0 Å². The number of benzene rings is 1. The molecule has 4 nitrogen and oxygen atoms in total. The largest absolute Gasteiger partial charge is 2.00 e. The minimum atomic E-state index is -0.0333. The van der Waals surface area contributed by atoms with Gasteiger partial charge in [0.25, 0.3) is 0 Å². The summed E-state index contributed by atoms with van der Waals surface area (Å²) in [5, 5.41) is 0. The number of aromatic nitrogens is 1. The number of nitrogens with one attached hydrogen (secondary N) is 2. The monoisotopic (exact) mass is 1040 g/mol. The molecule has 1 aromatic carbocycles. The Morgan fingerprint density at radius 2 is 1.50 bits per heavy atom. The van der Waals surface area contributed by atoms with Gasteiger partial charge in [-0.25, -0.2) is 0 Å². The molecule has 0 saturated heterocycles. The van der Waals surface area contributed by atoms with Crippen molar-refractivity contribution in [3.05, 3.63) is 79.5 Å². The van der Waals surface area contributed by atoms with Crippen LogP contribution in [0, 0.1) is 21.8 Å². The van der Waals surface area contributed by atoms with Crippen LogP contribution in [0.15, 0.2) is 36.4 Å². The number of halogens is 2. The van der Waals surface area contributed by atoms with Gasteiger partial charge >= 0.3 is 42.1 Å². The molecular formula is C23H37I2N3OVW2. The van der Waals surface area contributed by atoms with Crippen LogP contribution in [0.25, 0.3) is 11.5 Å². The van der Waals surface area contributed by atoms with E-state index in [0.29, 0.717) is 17.4 Å². The topological polar surface area (TPSA) is 69.7 Å². The molecule has 2 atom stereocenters. The average molecular weight is 1040 g/mol. The van der Waals surface area contributed by atoms with Gasteiger partial charge in [0, 0.05) is 25.7 Å². The first-order chi connectivity index (χ1) is 12.6. The summed E-state index contributed by atoms with van der Waals surface area (Å²) in [5.41, 5.74) is 18.5. The summed E-state index contributed by atoms with van der Waals surface area (Å²) in [4.78, 5) is 4.05. The van der Waals surface area contributed by atoms with Gasteiger partial charge in [0.1, 0.15) is 0 Å². The number of nitrogens with zero attached hydrogens (tertiary/aromatic N) is 1. The van der Waals surface area contributed by atoms with Gasteiger partial charge in [0.15, 0.2) is 0 Å². The van der Waals surface area contributed by atoms with Crippen molar-refractivity contribution in [2.75, 3.05) is 7.11 Å². The zero-order valence-electron chi connectivity index (χ0n) is 20.3. The Labute approximate surface area is 265 Å². The van der Waals surface area contributed by atoms with Crippen LogP contribution in [0.5, 0.6) is 0 Å². The second-order valence-corrected chi connectivity index (χ2v) is 12.4. The molecule has 0 spiro atoms. The van der Waals surface area contributed by atoms with E-state index >= 15 is 0 Å². The normalized spacial score (nSPS) is 10.4. The molecule has 32 heavy (non-hydrogen) atoms. The van der Waals surface area contributed by atoms with Crippen molar-refractivity contribution in [3.63, 3.8) is 0 Å². The molecule has 0 bridgehead atoms. The number of hydrogen-bond acceptors (Lipinski definition) is 2. The molecular weight excluding hydrogens is 1010 g/mol. The molecule has 0 aliphatic rings. The maximum Gasteiger partial charge on any atom is 2.00 e. The fraction of sp³-hybridized carbons (Fsp3) is 0.435. The Morgan fingerprint density at radius 3 is 1.88 bits per heavy atom. The summed E-state index contributed by atoms with van der Waals surface area (Å²) in [5.74, 6) is 0.884. The van der Waals surface area contributed by atoms with Crippen LogP contribution in [-0.4, -0.2) is 14.0 Å². The van der Waals surface area contributed by atoms with Crippen molar-refractivity contribution < 1.29 is 65.4 Å². The molecule has 0 fully saturated rings. The van der Waals surface area contributed by atoms with Crippen LogP contribution in [-0.2, 0) is 65.4 Å². The van der Waals surface area contributed by atoms with Gasteiger partial charge in [-0.15, -0.1) is 5.69 Å². The summed E-state index contributed by atoms with van der Waals surface area (Å²) >= 11 is 4.66. The van der Waals surface area contributed by atoms with Gasteiger partial charge in [-0.1, -0.05) is 107 Å². The SMILES string of the molecule is CC(I)I.CCC(C)c1cccc([NH-])c1.COC(C)c1cc(C)cc([NH-])n1.[CH3-].[CH3-].[V].[W+2].[W+2]. The molecule has 181 valence electrons. The number of aryl methyl sites for hydroxylation is 1. The van der Waals surface area contributed by atoms with Crippen LogP contribution in [0.4, 0.5) is 11.5 Å². The van der Waals surface area contributed by atoms with Crippen molar-refractivity contribution in [2.45, 2.75) is 55.0 Å². The molecule has 0 aliphatic heterocycles. The maximum atomic E-state index is 7.40. The number of ether oxygens (including phenoxy) is 1. The van der Waals surface area contributed by atoms with Crippen LogP contribution in [0.2, 0.25) is 0 Å². The van der Waals surface area contributed by atoms with E-state index in [1.54, 1.807) is 13.2 Å². The molecule has 0 saturated carbocycles. The molecule has 2 unspecified atom stereocenters. The summed E-state index contributed by atoms with van der Waals surface area (Å²) in [6.07, 6.45) is 1.11. The second kappa shape index (κ2) is 26.9. The third kappa shape index (κ3) is 23.1. The van der Waals surface area contributed by atoms with E-state index in [4.69, 9.17) is 16.2 Å². The molecule has 1 radical (unpaired) electrons. The number of methoxy groups -OCH3 is 1. The van der Waals surface area contributed by atoms with Crippen LogP contribution in [0.1, 0.15) is 63.0 Å². The number of alkyl halides is 2. The predicted octanol–water partition coefficient (Wildman–Crippen LogP) is 9.76. The summed E-state index contributed by atoms with van der Waals surface area (Å²) in [6, 6.07) is 11.5. The average Bonchev–Trinajstić information content (AvgIpc) is 2.59. The molecule has 2 N–H and O–H groups in total. The summed E-state index contributed by atoms with van der Waals surface area (Å²) in [7, 11) is 1.64. The number of hydrogen-bond donors (Lipinski definition) is 0. The Morgan fingerprint density at radius 1 is 1.00 bits per heavy atom. The zero-order chi connectivity index (χ0) is 21.0. The summed E-state index contributed by atoms with van der Waals surface area (Å²) in [6.45, 7) is 10.4. The third-order valence-electron chi connectivity index (χ3n) is 3.83. The molecule has 9 heteroatoms. The van der Waals surface area contributed by atoms with Gasteiger partial charge in [0.2, 0.25) is 0 Å². The van der Waals surface area contributed by atoms with Crippen molar-refractivity contribution in [2.24, 2.45) is 0 Å². The Hall–Kier alpha value is 1.35. The van der Waals surface area contributed by atoms with E-state index in [0.717, 1.165) is 19.6 Å². The molecule has 1 aromatic heterocycles. The first-order valence-electron chi connectivity index (χ1n) is 8.93. The molecule has 0 amide bonds. The Bertz CT molecular complexity index is 660. The number of pyridine rings is 1. The van der Waals surface area contributed by atoms with E-state index in [9.17, 15) is 0 Å². The summed E-state index contributed by atoms with van der Waals surface area (Å²) < 4.78 is 5.87. The molecule has 2 aromatic rings. The zero-order valence-corrected chi connectivity index (χ0v) is 31.9. The molecule has 0 aliphatic carbocycles. The minimum Gasteiger partial charge on any atom is -0.699 e. The van der Waals surface area contributed by atoms with Crippen molar-refractivity contribution >= 4 is 56.7 Å². The molecule has 2 rings (SSSR count). The fourth-order valence-electron chi connectivity index (χ4n) is 2.10. The fourth-order valence-corrected chi connectivity index (χ4v) is 2.10. The van der Waals surface area contributed by atoms with Gasteiger partial charge in [-0.05, 0) is 44.4 Å². The number of rotatable bonds is 4. The smallest absolute Gasteiger partial charge is 0.699 e. The Kier molecular flexibility index (Phi) is 39.3.